The van der Waals surface area contributed by atoms with E-state index in [1.807, 2.05) is 0 Å². The molecule has 0 unspecified atom stereocenters. The first-order valence-corrected chi connectivity index (χ1v) is 8.08. The Balaban J connectivity index is 1.79. The monoisotopic (exact) mass is 324 g/mol. The second-order valence-corrected chi connectivity index (χ2v) is 6.72. The summed E-state index contributed by atoms with van der Waals surface area (Å²) in [5.74, 6) is 0. The maximum atomic E-state index is 3.70. The van der Waals surface area contributed by atoms with Crippen molar-refractivity contribution >= 4 is 15.9 Å². The Morgan fingerprint density at radius 2 is 2.00 bits per heavy atom. The van der Waals surface area contributed by atoms with Gasteiger partial charge in [-0.15, -0.1) is 0 Å². The van der Waals surface area contributed by atoms with Gasteiger partial charge in [-0.25, -0.2) is 0 Å². The summed E-state index contributed by atoms with van der Waals surface area (Å²) >= 11 is 3.55. The molecule has 1 saturated heterocycles. The zero-order chi connectivity index (χ0) is 13.8. The lowest BCUT2D eigenvalue weighted by Gasteiger charge is -2.35. The maximum absolute atomic E-state index is 3.70. The van der Waals surface area contributed by atoms with Gasteiger partial charge in [0, 0.05) is 23.1 Å². The third-order valence-electron chi connectivity index (χ3n) is 4.08. The first-order valence-electron chi connectivity index (χ1n) is 7.28. The fraction of sp³-hybridized carbons (Fsp3) is 0.625. The summed E-state index contributed by atoms with van der Waals surface area (Å²) in [5, 5.41) is 3.70. The number of hydrogen-bond donors (Lipinski definition) is 1. The number of piperidine rings is 1. The standard InChI is InChI=1S/C16H25BrN2/c1-12(2)19-8-6-15(7-9-19)18-11-14-4-5-16(17)13(3)10-14/h4-5,10,12,15,18H,6-9,11H2,1-3H3. The van der Waals surface area contributed by atoms with Crippen molar-refractivity contribution in [2.24, 2.45) is 0 Å². The molecule has 0 amide bonds. The lowest BCUT2D eigenvalue weighted by atomic mass is 10.0. The van der Waals surface area contributed by atoms with Crippen LogP contribution in [-0.2, 0) is 6.54 Å². The van der Waals surface area contributed by atoms with Crippen molar-refractivity contribution in [3.05, 3.63) is 33.8 Å². The second kappa shape index (κ2) is 6.87. The van der Waals surface area contributed by atoms with E-state index >= 15 is 0 Å². The smallest absolute Gasteiger partial charge is 0.0208 e. The number of nitrogens with zero attached hydrogens (tertiary/aromatic N) is 1. The lowest BCUT2D eigenvalue weighted by molar-refractivity contribution is 0.161. The van der Waals surface area contributed by atoms with Crippen molar-refractivity contribution in [3.63, 3.8) is 0 Å². The SMILES string of the molecule is Cc1cc(CNC2CCN(C(C)C)CC2)ccc1Br. The zero-order valence-electron chi connectivity index (χ0n) is 12.2. The largest absolute Gasteiger partial charge is 0.310 e. The van der Waals surface area contributed by atoms with E-state index < -0.39 is 0 Å². The van der Waals surface area contributed by atoms with Gasteiger partial charge in [-0.3, -0.25) is 0 Å². The third kappa shape index (κ3) is 4.30. The van der Waals surface area contributed by atoms with Crippen molar-refractivity contribution in [3.8, 4) is 0 Å². The van der Waals surface area contributed by atoms with Crippen LogP contribution in [0.2, 0.25) is 0 Å². The highest BCUT2D eigenvalue weighted by Crippen LogP contribution is 2.18. The molecule has 2 nitrogen and oxygen atoms in total. The molecule has 106 valence electrons. The van der Waals surface area contributed by atoms with E-state index in [1.165, 1.54) is 41.5 Å². The molecular weight excluding hydrogens is 300 g/mol. The Labute approximate surface area is 125 Å². The maximum Gasteiger partial charge on any atom is 0.0208 e. The average molecular weight is 325 g/mol. The quantitative estimate of drug-likeness (QED) is 0.908. The van der Waals surface area contributed by atoms with E-state index in [0.717, 1.165) is 6.54 Å². The number of benzene rings is 1. The number of rotatable bonds is 4. The molecule has 1 aromatic carbocycles. The number of likely N-dealkylation sites (tertiary alicyclic amines) is 1. The van der Waals surface area contributed by atoms with Crippen molar-refractivity contribution in [1.29, 1.82) is 0 Å². The molecule has 19 heavy (non-hydrogen) atoms. The molecule has 1 N–H and O–H groups in total. The van der Waals surface area contributed by atoms with Crippen molar-refractivity contribution < 1.29 is 0 Å². The predicted octanol–water partition coefficient (Wildman–Crippen LogP) is 3.72. The number of hydrogen-bond acceptors (Lipinski definition) is 2. The molecule has 2 rings (SSSR count). The van der Waals surface area contributed by atoms with Crippen molar-refractivity contribution in [2.75, 3.05) is 13.1 Å². The summed E-state index contributed by atoms with van der Waals surface area (Å²) in [6.45, 7) is 10.2. The van der Waals surface area contributed by atoms with Crippen LogP contribution in [0.25, 0.3) is 0 Å². The van der Waals surface area contributed by atoms with Crippen LogP contribution >= 0.6 is 15.9 Å². The first kappa shape index (κ1) is 15.0. The van der Waals surface area contributed by atoms with Crippen LogP contribution in [-0.4, -0.2) is 30.1 Å². The highest BCUT2D eigenvalue weighted by molar-refractivity contribution is 9.10. The van der Waals surface area contributed by atoms with Gasteiger partial charge in [-0.2, -0.15) is 0 Å². The summed E-state index contributed by atoms with van der Waals surface area (Å²) in [5.41, 5.74) is 2.70. The molecule has 0 radical (unpaired) electrons. The second-order valence-electron chi connectivity index (χ2n) is 5.87. The van der Waals surface area contributed by atoms with Gasteiger partial charge in [0.15, 0.2) is 0 Å². The van der Waals surface area contributed by atoms with E-state index in [9.17, 15) is 0 Å². The molecule has 1 aliphatic heterocycles. The fourth-order valence-electron chi connectivity index (χ4n) is 2.70. The minimum atomic E-state index is 0.680. The van der Waals surface area contributed by atoms with Crippen LogP contribution < -0.4 is 5.32 Å². The Bertz CT molecular complexity index is 409. The number of aryl methyl sites for hydroxylation is 1. The Morgan fingerprint density at radius 1 is 1.32 bits per heavy atom. The highest BCUT2D eigenvalue weighted by Gasteiger charge is 2.20. The van der Waals surface area contributed by atoms with E-state index in [0.29, 0.717) is 12.1 Å². The molecule has 1 aromatic rings. The third-order valence-corrected chi connectivity index (χ3v) is 4.97. The van der Waals surface area contributed by atoms with E-state index in [1.54, 1.807) is 0 Å². The van der Waals surface area contributed by atoms with Crippen molar-refractivity contribution in [1.82, 2.24) is 10.2 Å². The van der Waals surface area contributed by atoms with E-state index in [-0.39, 0.29) is 0 Å². The van der Waals surface area contributed by atoms with Crippen LogP contribution in [0.4, 0.5) is 0 Å². The van der Waals surface area contributed by atoms with E-state index in [4.69, 9.17) is 0 Å². The Kier molecular flexibility index (Phi) is 5.43. The van der Waals surface area contributed by atoms with Gasteiger partial charge in [-0.1, -0.05) is 28.1 Å². The molecule has 1 heterocycles. The normalized spacial score (nSPS) is 18.2. The van der Waals surface area contributed by atoms with Gasteiger partial charge in [-0.05, 0) is 63.9 Å². The van der Waals surface area contributed by atoms with E-state index in [2.05, 4.69) is 65.1 Å². The topological polar surface area (TPSA) is 15.3 Å². The van der Waals surface area contributed by atoms with Gasteiger partial charge in [0.1, 0.15) is 0 Å². The van der Waals surface area contributed by atoms with Crippen LogP contribution in [0.1, 0.15) is 37.8 Å². The average Bonchev–Trinajstić information content (AvgIpc) is 2.40. The summed E-state index contributed by atoms with van der Waals surface area (Å²) in [6.07, 6.45) is 2.54. The molecule has 1 aliphatic rings. The van der Waals surface area contributed by atoms with Gasteiger partial charge in [0.05, 0.1) is 0 Å². The molecule has 0 aliphatic carbocycles. The van der Waals surface area contributed by atoms with Gasteiger partial charge < -0.3 is 10.2 Å². The minimum absolute atomic E-state index is 0.680. The van der Waals surface area contributed by atoms with Crippen LogP contribution in [0.3, 0.4) is 0 Å². The summed E-state index contributed by atoms with van der Waals surface area (Å²) in [6, 6.07) is 7.98. The van der Waals surface area contributed by atoms with Gasteiger partial charge in [0.2, 0.25) is 0 Å². The van der Waals surface area contributed by atoms with Crippen LogP contribution in [0, 0.1) is 6.92 Å². The van der Waals surface area contributed by atoms with Gasteiger partial charge >= 0.3 is 0 Å². The minimum Gasteiger partial charge on any atom is -0.310 e. The van der Waals surface area contributed by atoms with Crippen LogP contribution in [0.15, 0.2) is 22.7 Å². The summed E-state index contributed by atoms with van der Waals surface area (Å²) < 4.78 is 1.20. The molecule has 0 atom stereocenters. The number of nitrogens with one attached hydrogen (secondary N) is 1. The fourth-order valence-corrected chi connectivity index (χ4v) is 2.95. The molecule has 0 bridgehead atoms. The molecule has 0 aromatic heterocycles. The van der Waals surface area contributed by atoms with Crippen molar-refractivity contribution in [2.45, 2.75) is 52.2 Å². The predicted molar refractivity (Wildman–Crippen MR) is 85.4 cm³/mol. The molecule has 3 heteroatoms. The summed E-state index contributed by atoms with van der Waals surface area (Å²) in [4.78, 5) is 2.57. The Hall–Kier alpha value is -0.380. The molecule has 1 fully saturated rings. The summed E-state index contributed by atoms with van der Waals surface area (Å²) in [7, 11) is 0. The molecule has 0 saturated carbocycles. The Morgan fingerprint density at radius 3 is 2.58 bits per heavy atom. The molecule has 0 spiro atoms. The zero-order valence-corrected chi connectivity index (χ0v) is 13.8. The molecular formula is C16H25BrN2. The van der Waals surface area contributed by atoms with Gasteiger partial charge in [0.25, 0.3) is 0 Å². The first-order chi connectivity index (χ1) is 9.06. The van der Waals surface area contributed by atoms with Crippen LogP contribution in [0.5, 0.6) is 0 Å². The number of halogens is 1. The highest BCUT2D eigenvalue weighted by atomic mass is 79.9. The lowest BCUT2D eigenvalue weighted by Crippen LogP contribution is -2.44.